The molecule has 0 spiro atoms. The summed E-state index contributed by atoms with van der Waals surface area (Å²) < 4.78 is 29.9. The second kappa shape index (κ2) is 10.8. The van der Waals surface area contributed by atoms with E-state index in [4.69, 9.17) is 4.74 Å². The Morgan fingerprint density at radius 2 is 2.00 bits per heavy atom. The van der Waals surface area contributed by atoms with Crippen LogP contribution in [0.1, 0.15) is 32.6 Å². The van der Waals surface area contributed by atoms with E-state index in [0.29, 0.717) is 19.5 Å². The molecule has 0 aromatic rings. The lowest BCUT2D eigenvalue weighted by Gasteiger charge is -2.11. The zero-order valence-electron chi connectivity index (χ0n) is 13.7. The molecule has 0 amide bonds. The zero-order valence-corrected chi connectivity index (χ0v) is 14.5. The molecule has 0 radical (unpaired) electrons. The predicted molar refractivity (Wildman–Crippen MR) is 89.6 cm³/mol. The molecule has 130 valence electrons. The normalized spacial score (nSPS) is 15.8. The quantitative estimate of drug-likeness (QED) is 0.271. The minimum Gasteiger partial charge on any atom is -0.381 e. The van der Waals surface area contributed by atoms with Gasteiger partial charge in [0.05, 0.1) is 6.26 Å². The van der Waals surface area contributed by atoms with Gasteiger partial charge < -0.3 is 15.4 Å². The number of guanidine groups is 1. The number of hydrogen-bond donors (Lipinski definition) is 3. The van der Waals surface area contributed by atoms with Gasteiger partial charge in [-0.2, -0.15) is 0 Å². The number of hydrogen-bond acceptors (Lipinski definition) is 4. The fourth-order valence-corrected chi connectivity index (χ4v) is 2.30. The van der Waals surface area contributed by atoms with Gasteiger partial charge in [0, 0.05) is 39.4 Å². The largest absolute Gasteiger partial charge is 0.381 e. The van der Waals surface area contributed by atoms with Gasteiger partial charge in [0.15, 0.2) is 5.96 Å². The highest BCUT2D eigenvalue weighted by molar-refractivity contribution is 7.88. The molecule has 0 heterocycles. The van der Waals surface area contributed by atoms with Crippen LogP contribution in [0.4, 0.5) is 0 Å². The van der Waals surface area contributed by atoms with E-state index in [1.807, 2.05) is 6.92 Å². The number of sulfonamides is 1. The van der Waals surface area contributed by atoms with Gasteiger partial charge in [-0.15, -0.1) is 0 Å². The number of nitrogens with zero attached hydrogens (tertiary/aromatic N) is 1. The Balaban J connectivity index is 2.06. The van der Waals surface area contributed by atoms with E-state index in [-0.39, 0.29) is 0 Å². The lowest BCUT2D eigenvalue weighted by Crippen LogP contribution is -2.38. The molecule has 3 N–H and O–H groups in total. The molecule has 22 heavy (non-hydrogen) atoms. The van der Waals surface area contributed by atoms with Crippen LogP contribution in [0.15, 0.2) is 4.99 Å². The first-order chi connectivity index (χ1) is 10.5. The summed E-state index contributed by atoms with van der Waals surface area (Å²) in [5.74, 6) is 1.58. The highest BCUT2D eigenvalue weighted by Gasteiger charge is 2.20. The van der Waals surface area contributed by atoms with E-state index >= 15 is 0 Å². The Hall–Kier alpha value is -0.860. The van der Waals surface area contributed by atoms with Gasteiger partial charge >= 0.3 is 0 Å². The average molecular weight is 334 g/mol. The number of rotatable bonds is 12. The molecule has 7 nitrogen and oxygen atoms in total. The maximum Gasteiger partial charge on any atom is 0.208 e. The standard InChI is InChI=1S/C14H30N4O3S/c1-3-15-14(16-8-4-10-18-22(2,19)20)17-9-5-11-21-12-13-6-7-13/h13,18H,3-12H2,1-2H3,(H2,15,16,17). The molecule has 1 aliphatic rings. The molecule has 0 aliphatic heterocycles. The third-order valence-corrected chi connectivity index (χ3v) is 3.85. The maximum atomic E-state index is 10.9. The van der Waals surface area contributed by atoms with E-state index in [1.54, 1.807) is 0 Å². The topological polar surface area (TPSA) is 91.8 Å². The summed E-state index contributed by atoms with van der Waals surface area (Å²) in [6, 6.07) is 0. The Labute approximate surface area is 134 Å². The smallest absolute Gasteiger partial charge is 0.208 e. The van der Waals surface area contributed by atoms with Gasteiger partial charge in [-0.05, 0) is 38.5 Å². The SMILES string of the molecule is CCNC(=NCCCOCC1CC1)NCCCNS(C)(=O)=O. The number of ether oxygens (including phenoxy) is 1. The molecule has 0 aromatic heterocycles. The van der Waals surface area contributed by atoms with Gasteiger partial charge in [0.2, 0.25) is 10.0 Å². The molecular weight excluding hydrogens is 304 g/mol. The summed E-state index contributed by atoms with van der Waals surface area (Å²) in [6.07, 6.45) is 5.43. The molecule has 0 aromatic carbocycles. The van der Waals surface area contributed by atoms with Crippen LogP contribution >= 0.6 is 0 Å². The fourth-order valence-electron chi connectivity index (χ4n) is 1.79. The summed E-state index contributed by atoms with van der Waals surface area (Å²) in [5.41, 5.74) is 0. The molecule has 0 saturated heterocycles. The van der Waals surface area contributed by atoms with Gasteiger partial charge in [0.25, 0.3) is 0 Å². The molecular formula is C14H30N4O3S. The van der Waals surface area contributed by atoms with E-state index < -0.39 is 10.0 Å². The van der Waals surface area contributed by atoms with Crippen LogP contribution in [0.3, 0.4) is 0 Å². The lowest BCUT2D eigenvalue weighted by molar-refractivity contribution is 0.123. The first-order valence-corrected chi connectivity index (χ1v) is 9.95. The van der Waals surface area contributed by atoms with Crippen molar-refractivity contribution < 1.29 is 13.2 Å². The first kappa shape index (κ1) is 19.2. The van der Waals surface area contributed by atoms with E-state index in [9.17, 15) is 8.42 Å². The molecule has 1 aliphatic carbocycles. The Morgan fingerprint density at radius 3 is 2.64 bits per heavy atom. The second-order valence-corrected chi connectivity index (χ2v) is 7.41. The molecule has 1 fully saturated rings. The van der Waals surface area contributed by atoms with Crippen molar-refractivity contribution in [3.63, 3.8) is 0 Å². The molecule has 1 saturated carbocycles. The van der Waals surface area contributed by atoms with Crippen molar-refractivity contribution in [2.45, 2.75) is 32.6 Å². The van der Waals surface area contributed by atoms with Crippen LogP contribution in [-0.4, -0.2) is 60.0 Å². The molecule has 1 rings (SSSR count). The number of aliphatic imine (C=N–C) groups is 1. The second-order valence-electron chi connectivity index (χ2n) is 5.58. The van der Waals surface area contributed by atoms with E-state index in [0.717, 1.165) is 50.9 Å². The third kappa shape index (κ3) is 11.8. The minimum absolute atomic E-state index is 0.431. The zero-order chi connectivity index (χ0) is 16.3. The number of nitrogens with one attached hydrogen (secondary N) is 3. The van der Waals surface area contributed by atoms with Crippen molar-refractivity contribution in [1.29, 1.82) is 0 Å². The van der Waals surface area contributed by atoms with Crippen molar-refractivity contribution in [3.05, 3.63) is 0 Å². The summed E-state index contributed by atoms with van der Waals surface area (Å²) >= 11 is 0. The molecule has 0 bridgehead atoms. The Bertz CT molecular complexity index is 422. The van der Waals surface area contributed by atoms with Crippen LogP contribution in [0.2, 0.25) is 0 Å². The third-order valence-electron chi connectivity index (χ3n) is 3.12. The highest BCUT2D eigenvalue weighted by Crippen LogP contribution is 2.28. The fraction of sp³-hybridized carbons (Fsp3) is 0.929. The summed E-state index contributed by atoms with van der Waals surface area (Å²) in [7, 11) is -3.10. The summed E-state index contributed by atoms with van der Waals surface area (Å²) in [5, 5.41) is 6.36. The van der Waals surface area contributed by atoms with Crippen molar-refractivity contribution in [3.8, 4) is 0 Å². The van der Waals surface area contributed by atoms with E-state index in [1.165, 1.54) is 12.8 Å². The van der Waals surface area contributed by atoms with Gasteiger partial charge in [-0.25, -0.2) is 13.1 Å². The Kier molecular flexibility index (Phi) is 9.42. The first-order valence-electron chi connectivity index (χ1n) is 8.06. The van der Waals surface area contributed by atoms with Crippen LogP contribution in [0.5, 0.6) is 0 Å². The molecule has 8 heteroatoms. The highest BCUT2D eigenvalue weighted by atomic mass is 32.2. The van der Waals surface area contributed by atoms with Crippen molar-refractivity contribution in [1.82, 2.24) is 15.4 Å². The summed E-state index contributed by atoms with van der Waals surface area (Å²) in [6.45, 7) is 6.30. The Morgan fingerprint density at radius 1 is 1.23 bits per heavy atom. The monoisotopic (exact) mass is 334 g/mol. The lowest BCUT2D eigenvalue weighted by atomic mass is 10.4. The van der Waals surface area contributed by atoms with Crippen molar-refractivity contribution in [2.75, 3.05) is 45.6 Å². The van der Waals surface area contributed by atoms with Gasteiger partial charge in [-0.1, -0.05) is 0 Å². The van der Waals surface area contributed by atoms with Crippen molar-refractivity contribution in [2.24, 2.45) is 10.9 Å². The van der Waals surface area contributed by atoms with Crippen LogP contribution in [0.25, 0.3) is 0 Å². The van der Waals surface area contributed by atoms with Crippen molar-refractivity contribution >= 4 is 16.0 Å². The molecule has 0 atom stereocenters. The van der Waals surface area contributed by atoms with Crippen LogP contribution in [-0.2, 0) is 14.8 Å². The minimum atomic E-state index is -3.10. The predicted octanol–water partition coefficient (Wildman–Crippen LogP) is 0.298. The molecule has 0 unspecified atom stereocenters. The van der Waals surface area contributed by atoms with Crippen LogP contribution < -0.4 is 15.4 Å². The van der Waals surface area contributed by atoms with Gasteiger partial charge in [-0.3, -0.25) is 4.99 Å². The van der Waals surface area contributed by atoms with E-state index in [2.05, 4.69) is 20.3 Å². The van der Waals surface area contributed by atoms with Crippen LogP contribution in [0, 0.1) is 5.92 Å². The maximum absolute atomic E-state index is 10.9. The van der Waals surface area contributed by atoms with Gasteiger partial charge in [0.1, 0.15) is 0 Å². The average Bonchev–Trinajstić information content (AvgIpc) is 3.25. The summed E-state index contributed by atoms with van der Waals surface area (Å²) in [4.78, 5) is 4.47.